The van der Waals surface area contributed by atoms with Crippen molar-refractivity contribution in [2.24, 2.45) is 52.3 Å². The topological polar surface area (TPSA) is 77.8 Å². The van der Waals surface area contributed by atoms with E-state index in [9.17, 15) is 15.0 Å². The molecule has 0 spiro atoms. The maximum atomic E-state index is 11.2. The molecule has 3 N–H and O–H groups in total. The first-order valence-electron chi connectivity index (χ1n) is 12.2. The predicted octanol–water partition coefficient (Wildman–Crippen LogP) is 5.07. The number of carboxylic acids is 1. The Labute approximate surface area is 176 Å². The molecule has 0 radical (unpaired) electrons. The molecule has 0 heterocycles. The van der Waals surface area contributed by atoms with E-state index in [-0.39, 0.29) is 17.8 Å². The van der Waals surface area contributed by atoms with Crippen LogP contribution in [0.4, 0.5) is 0 Å². The highest BCUT2D eigenvalue weighted by Gasteiger charge is 2.62. The van der Waals surface area contributed by atoms with Crippen LogP contribution in [-0.4, -0.2) is 27.1 Å². The van der Waals surface area contributed by atoms with Gasteiger partial charge >= 0.3 is 5.97 Å². The van der Waals surface area contributed by atoms with Crippen molar-refractivity contribution in [3.8, 4) is 0 Å². The molecular weight excluding hydrogens is 364 g/mol. The highest BCUT2D eigenvalue weighted by Crippen LogP contribution is 2.69. The Hall–Kier alpha value is -0.610. The van der Waals surface area contributed by atoms with Crippen LogP contribution >= 0.6 is 0 Å². The summed E-state index contributed by atoms with van der Waals surface area (Å²) in [4.78, 5) is 11.2. The van der Waals surface area contributed by atoms with E-state index < -0.39 is 11.8 Å². The van der Waals surface area contributed by atoms with Gasteiger partial charge in [0, 0.05) is 6.42 Å². The number of hydrogen-bond acceptors (Lipinski definition) is 3. The third kappa shape index (κ3) is 3.28. The molecule has 0 aromatic heterocycles. The molecule has 4 aliphatic rings. The van der Waals surface area contributed by atoms with Crippen molar-refractivity contribution < 1.29 is 20.1 Å². The molecule has 166 valence electrons. The van der Waals surface area contributed by atoms with E-state index >= 15 is 0 Å². The Bertz CT molecular complexity index is 645. The van der Waals surface area contributed by atoms with E-state index in [0.29, 0.717) is 17.3 Å². The lowest BCUT2D eigenvalue weighted by Crippen LogP contribution is -2.55. The second-order valence-corrected chi connectivity index (χ2v) is 12.0. The zero-order chi connectivity index (χ0) is 21.2. The Kier molecular flexibility index (Phi) is 5.38. The largest absolute Gasteiger partial charge is 0.477 e. The summed E-state index contributed by atoms with van der Waals surface area (Å²) >= 11 is 0. The van der Waals surface area contributed by atoms with Gasteiger partial charge in [0.15, 0.2) is 0 Å². The van der Waals surface area contributed by atoms with Gasteiger partial charge in [-0.3, -0.25) is 0 Å². The number of aliphatic carboxylic acids is 1. The second kappa shape index (κ2) is 7.22. The summed E-state index contributed by atoms with van der Waals surface area (Å²) in [6.45, 7) is 9.60. The van der Waals surface area contributed by atoms with Gasteiger partial charge in [-0.15, -0.1) is 0 Å². The summed E-state index contributed by atoms with van der Waals surface area (Å²) in [6, 6.07) is 0. The Morgan fingerprint density at radius 1 is 1.03 bits per heavy atom. The number of aliphatic hydroxyl groups is 2. The third-order valence-corrected chi connectivity index (χ3v) is 10.7. The minimum atomic E-state index is -2.61. The van der Waals surface area contributed by atoms with Crippen LogP contribution in [0.1, 0.15) is 91.9 Å². The van der Waals surface area contributed by atoms with Crippen molar-refractivity contribution in [2.45, 2.75) is 97.7 Å². The van der Waals surface area contributed by atoms with Gasteiger partial charge in [-0.05, 0) is 97.2 Å². The smallest absolute Gasteiger partial charge is 0.364 e. The summed E-state index contributed by atoms with van der Waals surface area (Å²) in [5.74, 6) is 0.295. The molecule has 4 rings (SSSR count). The summed E-state index contributed by atoms with van der Waals surface area (Å²) < 4.78 is 0. The first-order valence-corrected chi connectivity index (χ1v) is 12.2. The van der Waals surface area contributed by atoms with E-state index in [0.717, 1.165) is 30.1 Å². The molecule has 0 aliphatic heterocycles. The SMILES string of the molecule is C[C@@H]1C[C@@H]2CCCC[C@]2(C)[C@H]2CC[C@]3(C)[C@@H]([C@H](C)CC(O)(O)C(=O)O)CC[C@H]3[C@H]12. The Morgan fingerprint density at radius 2 is 1.72 bits per heavy atom. The summed E-state index contributed by atoms with van der Waals surface area (Å²) in [5.41, 5.74) is 0.733. The van der Waals surface area contributed by atoms with Crippen LogP contribution in [0, 0.1) is 52.3 Å². The molecule has 0 bridgehead atoms. The van der Waals surface area contributed by atoms with Gasteiger partial charge in [-0.2, -0.15) is 0 Å². The van der Waals surface area contributed by atoms with Crippen LogP contribution in [0.2, 0.25) is 0 Å². The first-order chi connectivity index (χ1) is 13.5. The van der Waals surface area contributed by atoms with Crippen LogP contribution in [0.5, 0.6) is 0 Å². The Balaban J connectivity index is 1.57. The lowest BCUT2D eigenvalue weighted by Gasteiger charge is -2.62. The average Bonchev–Trinajstić information content (AvgIpc) is 2.99. The second-order valence-electron chi connectivity index (χ2n) is 12.0. The highest BCUT2D eigenvalue weighted by molar-refractivity contribution is 5.74. The molecule has 0 aromatic rings. The van der Waals surface area contributed by atoms with Gasteiger partial charge in [0.1, 0.15) is 0 Å². The predicted molar refractivity (Wildman–Crippen MR) is 113 cm³/mol. The van der Waals surface area contributed by atoms with Crippen molar-refractivity contribution in [3.63, 3.8) is 0 Å². The average molecular weight is 407 g/mol. The lowest BCUT2D eigenvalue weighted by atomic mass is 9.42. The minimum Gasteiger partial charge on any atom is -0.477 e. The molecular formula is C25H42O4. The number of hydrogen-bond donors (Lipinski definition) is 3. The van der Waals surface area contributed by atoms with Crippen LogP contribution in [0.3, 0.4) is 0 Å². The quantitative estimate of drug-likeness (QED) is 0.569. The van der Waals surface area contributed by atoms with Crippen LogP contribution in [0.25, 0.3) is 0 Å². The monoisotopic (exact) mass is 406 g/mol. The van der Waals surface area contributed by atoms with Gasteiger partial charge in [-0.1, -0.05) is 40.5 Å². The first kappa shape index (κ1) is 21.6. The normalized spacial score (nSPS) is 48.3. The van der Waals surface area contributed by atoms with Crippen molar-refractivity contribution >= 4 is 5.97 Å². The van der Waals surface area contributed by atoms with Gasteiger partial charge < -0.3 is 15.3 Å². The Morgan fingerprint density at radius 3 is 2.41 bits per heavy atom. The molecule has 4 nitrogen and oxygen atoms in total. The lowest BCUT2D eigenvalue weighted by molar-refractivity contribution is -0.211. The molecule has 0 aromatic carbocycles. The van der Waals surface area contributed by atoms with E-state index in [1.54, 1.807) is 0 Å². The third-order valence-electron chi connectivity index (χ3n) is 10.7. The molecule has 9 atom stereocenters. The highest BCUT2D eigenvalue weighted by atomic mass is 16.5. The van der Waals surface area contributed by atoms with Crippen LogP contribution < -0.4 is 0 Å². The van der Waals surface area contributed by atoms with E-state index in [1.807, 2.05) is 6.92 Å². The van der Waals surface area contributed by atoms with E-state index in [1.165, 1.54) is 51.4 Å². The molecule has 29 heavy (non-hydrogen) atoms. The van der Waals surface area contributed by atoms with Crippen molar-refractivity contribution in [3.05, 3.63) is 0 Å². The maximum Gasteiger partial charge on any atom is 0.364 e. The molecule has 4 aliphatic carbocycles. The molecule has 0 amide bonds. The van der Waals surface area contributed by atoms with Gasteiger partial charge in [-0.25, -0.2) is 4.79 Å². The van der Waals surface area contributed by atoms with E-state index in [4.69, 9.17) is 5.11 Å². The molecule has 0 saturated heterocycles. The fraction of sp³-hybridized carbons (Fsp3) is 0.960. The van der Waals surface area contributed by atoms with Crippen LogP contribution in [0.15, 0.2) is 0 Å². The number of fused-ring (bicyclic) bond motifs is 5. The summed E-state index contributed by atoms with van der Waals surface area (Å²) in [7, 11) is 0. The van der Waals surface area contributed by atoms with Gasteiger partial charge in [0.2, 0.25) is 0 Å². The van der Waals surface area contributed by atoms with Crippen molar-refractivity contribution in [1.29, 1.82) is 0 Å². The molecule has 0 unspecified atom stereocenters. The van der Waals surface area contributed by atoms with E-state index in [2.05, 4.69) is 20.8 Å². The zero-order valence-electron chi connectivity index (χ0n) is 18.9. The number of rotatable bonds is 4. The van der Waals surface area contributed by atoms with Crippen molar-refractivity contribution in [1.82, 2.24) is 0 Å². The molecule has 4 fully saturated rings. The van der Waals surface area contributed by atoms with Crippen LogP contribution in [-0.2, 0) is 4.79 Å². The fourth-order valence-corrected chi connectivity index (χ4v) is 9.32. The van der Waals surface area contributed by atoms with Gasteiger partial charge in [0.25, 0.3) is 5.79 Å². The molecule has 4 heteroatoms. The summed E-state index contributed by atoms with van der Waals surface area (Å²) in [5, 5.41) is 29.1. The number of carboxylic acid groups (broad SMARTS) is 1. The zero-order valence-corrected chi connectivity index (χ0v) is 18.9. The van der Waals surface area contributed by atoms with Gasteiger partial charge in [0.05, 0.1) is 0 Å². The van der Waals surface area contributed by atoms with Crippen molar-refractivity contribution in [2.75, 3.05) is 0 Å². The molecule has 4 saturated carbocycles. The number of carbonyl (C=O) groups is 1. The minimum absolute atomic E-state index is 0.00422. The fourth-order valence-electron chi connectivity index (χ4n) is 9.32. The summed E-state index contributed by atoms with van der Waals surface area (Å²) in [6.07, 6.45) is 11.8. The standard InChI is InChI=1S/C25H42O4/c1-15-13-17-7-5-6-11-23(17,3)20-10-12-24(4)18(8-9-19(24)21(15)20)16(2)14-25(28,29)22(26)27/h15-21,28-29H,5-14H2,1-4H3,(H,26,27)/t15-,16-,17+,18-,19+,20+,21+,23+,24-/m1/s1. The maximum absolute atomic E-state index is 11.2.